The number of amides is 1. The SMILES string of the molecule is CCCN(CCC)c1ccc2cc(-c3ccc(/C(C)=C(\C#N)C(=O)NC[C@H]4OCC[C@@H](O)[C@@H]4O)n3C)ccc2c1. The highest BCUT2D eigenvalue weighted by Gasteiger charge is 2.32. The summed E-state index contributed by atoms with van der Waals surface area (Å²) in [5.74, 6) is -0.541. The lowest BCUT2D eigenvalue weighted by atomic mass is 10.0. The van der Waals surface area contributed by atoms with Crippen LogP contribution in [-0.2, 0) is 16.6 Å². The Hall–Kier alpha value is -3.64. The summed E-state index contributed by atoms with van der Waals surface area (Å²) in [6.07, 6.45) is -0.131. The summed E-state index contributed by atoms with van der Waals surface area (Å²) in [5, 5.41) is 34.8. The van der Waals surface area contributed by atoms with Gasteiger partial charge in [0.2, 0.25) is 0 Å². The number of ether oxygens (including phenoxy) is 1. The van der Waals surface area contributed by atoms with Gasteiger partial charge in [-0.25, -0.2) is 0 Å². The average Bonchev–Trinajstić information content (AvgIpc) is 3.34. The third kappa shape index (κ3) is 6.23. The Morgan fingerprint density at radius 2 is 1.80 bits per heavy atom. The fourth-order valence-corrected chi connectivity index (χ4v) is 5.43. The topological polar surface area (TPSA) is 111 Å². The highest BCUT2D eigenvalue weighted by atomic mass is 16.5. The van der Waals surface area contributed by atoms with Crippen molar-refractivity contribution in [1.29, 1.82) is 5.26 Å². The number of aliphatic hydroxyl groups excluding tert-OH is 2. The normalized spacial score (nSPS) is 19.7. The second-order valence-corrected chi connectivity index (χ2v) is 10.5. The first kappa shape index (κ1) is 29.3. The molecule has 0 aliphatic carbocycles. The van der Waals surface area contributed by atoms with E-state index in [1.54, 1.807) is 6.92 Å². The summed E-state index contributed by atoms with van der Waals surface area (Å²) in [5.41, 5.74) is 4.57. The van der Waals surface area contributed by atoms with Crippen LogP contribution in [0.3, 0.4) is 0 Å². The van der Waals surface area contributed by atoms with Crippen LogP contribution in [0.1, 0.15) is 45.7 Å². The van der Waals surface area contributed by atoms with Gasteiger partial charge in [0.1, 0.15) is 23.9 Å². The molecular formula is C32H40N4O4. The van der Waals surface area contributed by atoms with Crippen molar-refractivity contribution in [2.75, 3.05) is 31.1 Å². The van der Waals surface area contributed by atoms with Gasteiger partial charge in [0, 0.05) is 50.4 Å². The molecule has 0 spiro atoms. The van der Waals surface area contributed by atoms with Crippen LogP contribution in [0.5, 0.6) is 0 Å². The van der Waals surface area contributed by atoms with Crippen LogP contribution in [-0.4, -0.2) is 65.2 Å². The summed E-state index contributed by atoms with van der Waals surface area (Å²) < 4.78 is 7.47. The smallest absolute Gasteiger partial charge is 0.262 e. The van der Waals surface area contributed by atoms with Crippen molar-refractivity contribution in [1.82, 2.24) is 9.88 Å². The second-order valence-electron chi connectivity index (χ2n) is 10.5. The van der Waals surface area contributed by atoms with Crippen LogP contribution in [0, 0.1) is 11.3 Å². The van der Waals surface area contributed by atoms with Gasteiger partial charge in [-0.2, -0.15) is 5.26 Å². The molecule has 0 unspecified atom stereocenters. The van der Waals surface area contributed by atoms with Crippen molar-refractivity contribution < 1.29 is 19.7 Å². The highest BCUT2D eigenvalue weighted by molar-refractivity contribution is 6.04. The zero-order chi connectivity index (χ0) is 28.8. The number of nitriles is 1. The number of fused-ring (bicyclic) bond motifs is 1. The quantitative estimate of drug-likeness (QED) is 0.258. The van der Waals surface area contributed by atoms with Crippen molar-refractivity contribution in [3.63, 3.8) is 0 Å². The summed E-state index contributed by atoms with van der Waals surface area (Å²) in [4.78, 5) is 15.3. The lowest BCUT2D eigenvalue weighted by Gasteiger charge is -2.32. The van der Waals surface area contributed by atoms with E-state index < -0.39 is 24.2 Å². The Kier molecular flexibility index (Phi) is 9.64. The zero-order valence-corrected chi connectivity index (χ0v) is 23.9. The van der Waals surface area contributed by atoms with E-state index in [1.165, 1.54) is 11.1 Å². The van der Waals surface area contributed by atoms with E-state index in [0.717, 1.165) is 48.3 Å². The number of aliphatic hydroxyl groups is 2. The standard InChI is InChI=1S/C32H40N4O4/c1-5-14-36(15-6-2)25-10-9-22-17-24(8-7-23(22)18-25)28-12-11-27(35(28)4)21(3)26(19-33)32(39)34-20-30-31(38)29(37)13-16-40-30/h7-12,17-18,29-31,37-38H,5-6,13-16,20H2,1-4H3,(H,34,39)/b26-21+/t29-,30-,31+/m1/s1. The first-order chi connectivity index (χ1) is 19.3. The third-order valence-corrected chi connectivity index (χ3v) is 7.68. The first-order valence-corrected chi connectivity index (χ1v) is 14.1. The number of nitrogens with zero attached hydrogens (tertiary/aromatic N) is 3. The summed E-state index contributed by atoms with van der Waals surface area (Å²) in [7, 11) is 1.93. The van der Waals surface area contributed by atoms with Crippen LogP contribution in [0.15, 0.2) is 54.1 Å². The molecule has 212 valence electrons. The molecule has 1 saturated heterocycles. The van der Waals surface area contributed by atoms with Crippen molar-refractivity contribution in [3.05, 3.63) is 59.8 Å². The molecule has 40 heavy (non-hydrogen) atoms. The molecule has 3 N–H and O–H groups in total. The molecule has 0 saturated carbocycles. The zero-order valence-electron chi connectivity index (χ0n) is 23.9. The van der Waals surface area contributed by atoms with Crippen molar-refractivity contribution in [2.24, 2.45) is 7.05 Å². The number of hydrogen-bond donors (Lipinski definition) is 3. The van der Waals surface area contributed by atoms with E-state index in [9.17, 15) is 20.3 Å². The maximum atomic E-state index is 12.9. The fraction of sp³-hybridized carbons (Fsp3) is 0.438. The molecule has 3 atom stereocenters. The molecule has 4 rings (SSSR count). The Labute approximate surface area is 236 Å². The molecular weight excluding hydrogens is 504 g/mol. The minimum absolute atomic E-state index is 0.00135. The molecule has 8 heteroatoms. The summed E-state index contributed by atoms with van der Waals surface area (Å²) >= 11 is 0. The number of hydrogen-bond acceptors (Lipinski definition) is 6. The summed E-state index contributed by atoms with van der Waals surface area (Å²) in [6.45, 7) is 8.55. The largest absolute Gasteiger partial charge is 0.390 e. The van der Waals surface area contributed by atoms with Gasteiger partial charge in [-0.1, -0.05) is 32.0 Å². The monoisotopic (exact) mass is 544 g/mol. The second kappa shape index (κ2) is 13.1. The molecule has 2 heterocycles. The van der Waals surface area contributed by atoms with E-state index >= 15 is 0 Å². The van der Waals surface area contributed by atoms with Crippen LogP contribution in [0.4, 0.5) is 5.69 Å². The van der Waals surface area contributed by atoms with Crippen LogP contribution in [0.2, 0.25) is 0 Å². The molecule has 1 amide bonds. The van der Waals surface area contributed by atoms with Crippen molar-refractivity contribution in [2.45, 2.75) is 58.3 Å². The molecule has 1 aliphatic rings. The number of carbonyl (C=O) groups excluding carboxylic acids is 1. The van der Waals surface area contributed by atoms with Crippen LogP contribution < -0.4 is 10.2 Å². The van der Waals surface area contributed by atoms with Gasteiger partial charge in [0.15, 0.2) is 0 Å². The maximum Gasteiger partial charge on any atom is 0.262 e. The van der Waals surface area contributed by atoms with Crippen LogP contribution >= 0.6 is 0 Å². The van der Waals surface area contributed by atoms with E-state index in [2.05, 4.69) is 60.5 Å². The van der Waals surface area contributed by atoms with Crippen molar-refractivity contribution in [3.8, 4) is 17.3 Å². The van der Waals surface area contributed by atoms with Gasteiger partial charge in [-0.15, -0.1) is 0 Å². The van der Waals surface area contributed by atoms with Gasteiger partial charge in [0.05, 0.1) is 6.10 Å². The summed E-state index contributed by atoms with van der Waals surface area (Å²) in [6, 6.07) is 19.0. The van der Waals surface area contributed by atoms with Gasteiger partial charge < -0.3 is 29.7 Å². The predicted molar refractivity (Wildman–Crippen MR) is 159 cm³/mol. The molecule has 3 aromatic rings. The number of aromatic nitrogens is 1. The van der Waals surface area contributed by atoms with E-state index in [4.69, 9.17) is 4.74 Å². The van der Waals surface area contributed by atoms with Gasteiger partial charge in [-0.3, -0.25) is 4.79 Å². The van der Waals surface area contributed by atoms with Crippen LogP contribution in [0.25, 0.3) is 27.6 Å². The maximum absolute atomic E-state index is 12.9. The van der Waals surface area contributed by atoms with E-state index in [-0.39, 0.29) is 12.1 Å². The molecule has 1 aliphatic heterocycles. The number of benzene rings is 2. The third-order valence-electron chi connectivity index (χ3n) is 7.68. The number of nitrogens with one attached hydrogen (secondary N) is 1. The molecule has 1 aromatic heterocycles. The van der Waals surface area contributed by atoms with E-state index in [0.29, 0.717) is 18.6 Å². The van der Waals surface area contributed by atoms with Gasteiger partial charge in [-0.05, 0) is 78.4 Å². The molecule has 0 bridgehead atoms. The number of carbonyl (C=O) groups is 1. The van der Waals surface area contributed by atoms with Gasteiger partial charge in [0.25, 0.3) is 5.91 Å². The molecule has 2 aromatic carbocycles. The average molecular weight is 545 g/mol. The van der Waals surface area contributed by atoms with Crippen molar-refractivity contribution >= 4 is 27.9 Å². The minimum Gasteiger partial charge on any atom is -0.390 e. The van der Waals surface area contributed by atoms with Gasteiger partial charge >= 0.3 is 0 Å². The Bertz CT molecular complexity index is 1410. The Morgan fingerprint density at radius 3 is 2.50 bits per heavy atom. The fourth-order valence-electron chi connectivity index (χ4n) is 5.43. The lowest BCUT2D eigenvalue weighted by molar-refractivity contribution is -0.136. The Morgan fingerprint density at radius 1 is 1.10 bits per heavy atom. The highest BCUT2D eigenvalue weighted by Crippen LogP contribution is 2.31. The number of rotatable bonds is 10. The first-order valence-electron chi connectivity index (χ1n) is 14.1. The number of allylic oxidation sites excluding steroid dienone is 1. The molecule has 0 radical (unpaired) electrons. The number of anilines is 1. The lowest BCUT2D eigenvalue weighted by Crippen LogP contribution is -2.50. The molecule has 8 nitrogen and oxygen atoms in total. The van der Waals surface area contributed by atoms with E-state index in [1.807, 2.05) is 29.8 Å². The Balaban J connectivity index is 1.55. The predicted octanol–water partition coefficient (Wildman–Crippen LogP) is 4.40. The molecule has 1 fully saturated rings. The minimum atomic E-state index is -1.08.